The minimum atomic E-state index is -0.460. The highest BCUT2D eigenvalue weighted by Crippen LogP contribution is 2.20. The summed E-state index contributed by atoms with van der Waals surface area (Å²) in [5.74, 6) is 0.944. The lowest BCUT2D eigenvalue weighted by molar-refractivity contribution is 0.0240. The number of imidazole rings is 1. The molecule has 1 aliphatic rings. The third-order valence-electron chi connectivity index (χ3n) is 3.78. The molecule has 3 rings (SSSR count). The van der Waals surface area contributed by atoms with Crippen LogP contribution in [0, 0.1) is 6.92 Å². The number of hydrogen-bond acceptors (Lipinski definition) is 5. The predicted octanol–water partition coefficient (Wildman–Crippen LogP) is 2.09. The van der Waals surface area contributed by atoms with Crippen LogP contribution < -0.4 is 4.90 Å². The normalized spacial score (nSPS) is 16.0. The highest BCUT2D eigenvalue weighted by atomic mass is 16.6. The van der Waals surface area contributed by atoms with E-state index in [4.69, 9.17) is 4.74 Å². The van der Waals surface area contributed by atoms with Gasteiger partial charge in [-0.15, -0.1) is 5.10 Å². The molecule has 1 aliphatic heterocycles. The van der Waals surface area contributed by atoms with Crippen LogP contribution in [0.4, 0.5) is 10.6 Å². The van der Waals surface area contributed by atoms with Gasteiger partial charge < -0.3 is 14.5 Å². The van der Waals surface area contributed by atoms with E-state index in [1.807, 2.05) is 40.0 Å². The Morgan fingerprint density at radius 3 is 2.57 bits per heavy atom. The quantitative estimate of drug-likeness (QED) is 0.806. The maximum Gasteiger partial charge on any atom is 0.410 e. The molecule has 0 radical (unpaired) electrons. The first-order valence-corrected chi connectivity index (χ1v) is 7.87. The highest BCUT2D eigenvalue weighted by molar-refractivity contribution is 5.68. The second-order valence-electron chi connectivity index (χ2n) is 6.84. The van der Waals surface area contributed by atoms with E-state index in [1.54, 1.807) is 15.6 Å². The van der Waals surface area contributed by atoms with Crippen molar-refractivity contribution < 1.29 is 9.53 Å². The van der Waals surface area contributed by atoms with Crippen molar-refractivity contribution in [2.75, 3.05) is 31.1 Å². The summed E-state index contributed by atoms with van der Waals surface area (Å²) in [4.78, 5) is 20.3. The molecule has 0 spiro atoms. The summed E-state index contributed by atoms with van der Waals surface area (Å²) in [6.45, 7) is 10.5. The number of hydrogen-bond donors (Lipinski definition) is 0. The summed E-state index contributed by atoms with van der Waals surface area (Å²) in [6, 6.07) is 2.03. The molecule has 0 aliphatic carbocycles. The molecule has 0 saturated carbocycles. The van der Waals surface area contributed by atoms with Crippen molar-refractivity contribution in [2.45, 2.75) is 33.3 Å². The standard InChI is InChI=1S/C16H23N5O2/c1-12-11-13-17-5-6-21(13)18-14(12)19-7-9-20(10-8-19)15(22)23-16(2,3)4/h5-6,11H,7-10H2,1-4H3. The molecule has 2 aromatic rings. The van der Waals surface area contributed by atoms with E-state index in [0.717, 1.165) is 30.1 Å². The molecule has 1 saturated heterocycles. The number of anilines is 1. The summed E-state index contributed by atoms with van der Waals surface area (Å²) in [5, 5.41) is 4.63. The molecule has 1 fully saturated rings. The van der Waals surface area contributed by atoms with Gasteiger partial charge in [0.15, 0.2) is 11.5 Å². The predicted molar refractivity (Wildman–Crippen MR) is 87.7 cm³/mol. The number of ether oxygens (including phenoxy) is 1. The molecular formula is C16H23N5O2. The van der Waals surface area contributed by atoms with Crippen LogP contribution in [-0.4, -0.2) is 57.4 Å². The lowest BCUT2D eigenvalue weighted by atomic mass is 10.2. The highest BCUT2D eigenvalue weighted by Gasteiger charge is 2.27. The van der Waals surface area contributed by atoms with Crippen molar-refractivity contribution >= 4 is 17.6 Å². The molecular weight excluding hydrogens is 294 g/mol. The Morgan fingerprint density at radius 1 is 1.22 bits per heavy atom. The molecule has 0 atom stereocenters. The zero-order valence-corrected chi connectivity index (χ0v) is 14.1. The Morgan fingerprint density at radius 2 is 1.91 bits per heavy atom. The van der Waals surface area contributed by atoms with E-state index >= 15 is 0 Å². The maximum atomic E-state index is 12.1. The van der Waals surface area contributed by atoms with Crippen LogP contribution in [-0.2, 0) is 4.74 Å². The second-order valence-corrected chi connectivity index (χ2v) is 6.84. The summed E-state index contributed by atoms with van der Waals surface area (Å²) in [6.07, 6.45) is 3.34. The van der Waals surface area contributed by atoms with Crippen LogP contribution >= 0.6 is 0 Å². The van der Waals surface area contributed by atoms with Crippen molar-refractivity contribution in [1.29, 1.82) is 0 Å². The van der Waals surface area contributed by atoms with Gasteiger partial charge in [-0.05, 0) is 39.3 Å². The van der Waals surface area contributed by atoms with E-state index in [2.05, 4.69) is 15.0 Å². The number of carbonyl (C=O) groups excluding carboxylic acids is 1. The number of amides is 1. The first-order valence-electron chi connectivity index (χ1n) is 7.87. The Balaban J connectivity index is 1.68. The summed E-state index contributed by atoms with van der Waals surface area (Å²) in [7, 11) is 0. The third kappa shape index (κ3) is 3.38. The fourth-order valence-electron chi connectivity index (χ4n) is 2.68. The molecule has 0 aromatic carbocycles. The molecule has 7 heteroatoms. The van der Waals surface area contributed by atoms with Gasteiger partial charge in [0.25, 0.3) is 0 Å². The first kappa shape index (κ1) is 15.6. The smallest absolute Gasteiger partial charge is 0.410 e. The fourth-order valence-corrected chi connectivity index (χ4v) is 2.68. The zero-order chi connectivity index (χ0) is 16.6. The van der Waals surface area contributed by atoms with Crippen LogP contribution in [0.15, 0.2) is 18.5 Å². The monoisotopic (exact) mass is 317 g/mol. The van der Waals surface area contributed by atoms with Crippen LogP contribution in [0.3, 0.4) is 0 Å². The summed E-state index contributed by atoms with van der Waals surface area (Å²) >= 11 is 0. The van der Waals surface area contributed by atoms with Gasteiger partial charge in [0.1, 0.15) is 5.60 Å². The van der Waals surface area contributed by atoms with Crippen LogP contribution in [0.5, 0.6) is 0 Å². The summed E-state index contributed by atoms with van der Waals surface area (Å²) < 4.78 is 7.21. The van der Waals surface area contributed by atoms with Crippen molar-refractivity contribution in [3.63, 3.8) is 0 Å². The lowest BCUT2D eigenvalue weighted by Gasteiger charge is -2.36. The van der Waals surface area contributed by atoms with Crippen molar-refractivity contribution in [3.05, 3.63) is 24.0 Å². The van der Waals surface area contributed by atoms with Gasteiger partial charge >= 0.3 is 6.09 Å². The number of nitrogens with zero attached hydrogens (tertiary/aromatic N) is 5. The van der Waals surface area contributed by atoms with Gasteiger partial charge in [-0.1, -0.05) is 0 Å². The van der Waals surface area contributed by atoms with Gasteiger partial charge in [0.05, 0.1) is 0 Å². The Labute approximate surface area is 135 Å². The molecule has 0 bridgehead atoms. The third-order valence-corrected chi connectivity index (χ3v) is 3.78. The van der Waals surface area contributed by atoms with Gasteiger partial charge in [-0.25, -0.2) is 14.3 Å². The number of rotatable bonds is 1. The number of carbonyl (C=O) groups is 1. The number of fused-ring (bicyclic) bond motifs is 1. The summed E-state index contributed by atoms with van der Waals surface area (Å²) in [5.41, 5.74) is 1.48. The van der Waals surface area contributed by atoms with E-state index in [-0.39, 0.29) is 6.09 Å². The van der Waals surface area contributed by atoms with Crippen LogP contribution in [0.25, 0.3) is 5.65 Å². The van der Waals surface area contributed by atoms with Crippen molar-refractivity contribution in [3.8, 4) is 0 Å². The van der Waals surface area contributed by atoms with Gasteiger partial charge in [0.2, 0.25) is 0 Å². The second kappa shape index (κ2) is 5.72. The van der Waals surface area contributed by atoms with E-state index in [0.29, 0.717) is 13.1 Å². The Bertz CT molecular complexity index is 711. The first-order chi connectivity index (χ1) is 10.8. The number of aromatic nitrogens is 3. The largest absolute Gasteiger partial charge is 0.444 e. The molecule has 124 valence electrons. The van der Waals surface area contributed by atoms with Gasteiger partial charge in [-0.2, -0.15) is 0 Å². The molecule has 0 N–H and O–H groups in total. The molecule has 0 unspecified atom stereocenters. The average Bonchev–Trinajstić information content (AvgIpc) is 2.92. The number of aryl methyl sites for hydroxylation is 1. The minimum absolute atomic E-state index is 0.244. The fraction of sp³-hybridized carbons (Fsp3) is 0.562. The van der Waals surface area contributed by atoms with Gasteiger partial charge in [-0.3, -0.25) is 0 Å². The van der Waals surface area contributed by atoms with Crippen molar-refractivity contribution in [2.24, 2.45) is 0 Å². The maximum absolute atomic E-state index is 12.1. The van der Waals surface area contributed by atoms with Gasteiger partial charge in [0, 0.05) is 38.6 Å². The molecule has 23 heavy (non-hydrogen) atoms. The Hall–Kier alpha value is -2.31. The van der Waals surface area contributed by atoms with Crippen molar-refractivity contribution in [1.82, 2.24) is 19.5 Å². The molecule has 2 aromatic heterocycles. The molecule has 1 amide bonds. The van der Waals surface area contributed by atoms with Crippen LogP contribution in [0.1, 0.15) is 26.3 Å². The van der Waals surface area contributed by atoms with E-state index in [9.17, 15) is 4.79 Å². The van der Waals surface area contributed by atoms with E-state index in [1.165, 1.54) is 0 Å². The number of piperazine rings is 1. The minimum Gasteiger partial charge on any atom is -0.444 e. The van der Waals surface area contributed by atoms with Crippen LogP contribution in [0.2, 0.25) is 0 Å². The lowest BCUT2D eigenvalue weighted by Crippen LogP contribution is -2.50. The van der Waals surface area contributed by atoms with E-state index < -0.39 is 5.60 Å². The Kier molecular flexibility index (Phi) is 3.87. The molecule has 3 heterocycles. The topological polar surface area (TPSA) is 63.0 Å². The average molecular weight is 317 g/mol. The zero-order valence-electron chi connectivity index (χ0n) is 14.1. The molecule has 7 nitrogen and oxygen atoms in total. The SMILES string of the molecule is Cc1cc2nccn2nc1N1CCN(C(=O)OC(C)(C)C)CC1.